The van der Waals surface area contributed by atoms with Crippen LogP contribution in [0.5, 0.6) is 11.5 Å². The Hall–Kier alpha value is -3.44. The quantitative estimate of drug-likeness (QED) is 0.270. The minimum Gasteiger partial charge on any atom is -0.448 e. The third kappa shape index (κ3) is 5.64. The van der Waals surface area contributed by atoms with Gasteiger partial charge in [-0.25, -0.2) is 0 Å². The molecule has 1 unspecified atom stereocenters. The van der Waals surface area contributed by atoms with Crippen LogP contribution in [0.3, 0.4) is 0 Å². The van der Waals surface area contributed by atoms with E-state index in [1.165, 1.54) is 23.9 Å². The average molecular weight is 599 g/mol. The number of nitrogens with one attached hydrogen (secondary N) is 2. The summed E-state index contributed by atoms with van der Waals surface area (Å²) in [5.41, 5.74) is 1.88. The molecule has 1 atom stereocenters. The number of hydrogen-bond acceptors (Lipinski definition) is 7. The van der Waals surface area contributed by atoms with Crippen molar-refractivity contribution in [3.63, 3.8) is 0 Å². The Morgan fingerprint density at radius 1 is 1.12 bits per heavy atom. The van der Waals surface area contributed by atoms with E-state index in [4.69, 9.17) is 9.47 Å². The van der Waals surface area contributed by atoms with E-state index in [2.05, 4.69) is 34.3 Å². The van der Waals surface area contributed by atoms with Gasteiger partial charge in [0.1, 0.15) is 0 Å². The highest BCUT2D eigenvalue weighted by atomic mass is 32.2. The number of rotatable bonds is 7. The van der Waals surface area contributed by atoms with Gasteiger partial charge in [-0.2, -0.15) is 13.8 Å². The molecule has 3 aromatic rings. The largest absolute Gasteiger partial charge is 0.448 e. The van der Waals surface area contributed by atoms with E-state index in [1.807, 2.05) is 19.2 Å². The summed E-state index contributed by atoms with van der Waals surface area (Å²) in [6.45, 7) is 5.42. The molecule has 1 saturated carbocycles. The summed E-state index contributed by atoms with van der Waals surface area (Å²) < 4.78 is 41.8. The van der Waals surface area contributed by atoms with Crippen molar-refractivity contribution >= 4 is 17.7 Å². The number of aryl methyl sites for hydroxylation is 1. The second-order valence-electron chi connectivity index (χ2n) is 11.4. The van der Waals surface area contributed by atoms with Crippen molar-refractivity contribution in [3.8, 4) is 22.6 Å². The number of H-pyrrole nitrogens is 1. The molecule has 1 fully saturated rings. The molecule has 8 nitrogen and oxygen atoms in total. The molecule has 0 radical (unpaired) electrons. The number of benzene rings is 1. The first-order chi connectivity index (χ1) is 19.9. The van der Waals surface area contributed by atoms with Gasteiger partial charge in [-0.05, 0) is 84.1 Å². The fourth-order valence-electron chi connectivity index (χ4n) is 6.02. The first-order valence-electron chi connectivity index (χ1n) is 14.0. The van der Waals surface area contributed by atoms with Crippen LogP contribution in [0.25, 0.3) is 11.1 Å². The van der Waals surface area contributed by atoms with E-state index in [0.29, 0.717) is 28.7 Å². The number of halogens is 2. The van der Waals surface area contributed by atoms with Crippen molar-refractivity contribution in [2.45, 2.75) is 69.7 Å². The highest BCUT2D eigenvalue weighted by Gasteiger charge is 2.48. The van der Waals surface area contributed by atoms with Crippen LogP contribution < -0.4 is 20.3 Å². The Kier molecular flexibility index (Phi) is 8.35. The molecular weight excluding hydrogens is 562 g/mol. The topological polar surface area (TPSA) is 96.5 Å². The summed E-state index contributed by atoms with van der Waals surface area (Å²) in [6, 6.07) is 6.20. The molecule has 1 aromatic carbocycles. The number of pyridine rings is 2. The van der Waals surface area contributed by atoms with Gasteiger partial charge in [0.25, 0.3) is 17.3 Å². The number of aromatic amines is 1. The van der Waals surface area contributed by atoms with Crippen molar-refractivity contribution in [1.82, 2.24) is 20.2 Å². The lowest BCUT2D eigenvalue weighted by Gasteiger charge is -2.39. The Bertz CT molecular complexity index is 1590. The predicted molar refractivity (Wildman–Crippen MR) is 158 cm³/mol. The van der Waals surface area contributed by atoms with Crippen LogP contribution in [0.4, 0.5) is 8.78 Å². The first kappa shape index (κ1) is 30.0. The van der Waals surface area contributed by atoms with Crippen LogP contribution in [0.2, 0.25) is 0 Å². The van der Waals surface area contributed by atoms with Crippen molar-refractivity contribution in [1.29, 1.82) is 0 Å². The van der Waals surface area contributed by atoms with Crippen LogP contribution in [0, 0.1) is 31.7 Å². The summed E-state index contributed by atoms with van der Waals surface area (Å²) in [6.07, 6.45) is 5.60. The molecule has 1 amide bonds. The molecule has 0 saturated heterocycles. The van der Waals surface area contributed by atoms with E-state index < -0.39 is 23.6 Å². The molecule has 2 N–H and O–H groups in total. The number of amides is 1. The molecule has 1 aliphatic carbocycles. The summed E-state index contributed by atoms with van der Waals surface area (Å²) in [7, 11) is 4.16. The maximum Gasteiger partial charge on any atom is 0.254 e. The summed E-state index contributed by atoms with van der Waals surface area (Å²) in [5.74, 6) is -2.76. The van der Waals surface area contributed by atoms with E-state index in [9.17, 15) is 14.0 Å². The number of ether oxygens (including phenoxy) is 2. The van der Waals surface area contributed by atoms with Crippen molar-refractivity contribution in [2.75, 3.05) is 20.4 Å². The van der Waals surface area contributed by atoms with Gasteiger partial charge >= 0.3 is 0 Å². The molecule has 0 bridgehead atoms. The fourth-order valence-corrected chi connectivity index (χ4v) is 6.72. The molecule has 1 aliphatic heterocycles. The summed E-state index contributed by atoms with van der Waals surface area (Å²) in [4.78, 5) is 35.4. The number of carbonyl (C=O) groups is 1. The zero-order valence-corrected chi connectivity index (χ0v) is 25.5. The maximum atomic E-state index is 15.0. The Morgan fingerprint density at radius 2 is 1.81 bits per heavy atom. The number of aromatic nitrogens is 2. The van der Waals surface area contributed by atoms with Gasteiger partial charge in [0, 0.05) is 63.8 Å². The molecule has 2 aromatic heterocycles. The Labute approximate surface area is 248 Å². The van der Waals surface area contributed by atoms with Crippen molar-refractivity contribution in [3.05, 3.63) is 68.9 Å². The van der Waals surface area contributed by atoms with E-state index in [1.54, 1.807) is 13.8 Å². The zero-order chi connectivity index (χ0) is 30.3. The molecule has 3 heterocycles. The summed E-state index contributed by atoms with van der Waals surface area (Å²) in [5, 5.41) is 2.84. The van der Waals surface area contributed by atoms with Gasteiger partial charge in [0.05, 0.1) is 0 Å². The number of thioether (sulfide) groups is 1. The van der Waals surface area contributed by atoms with Crippen LogP contribution in [0.1, 0.15) is 59.8 Å². The monoisotopic (exact) mass is 598 g/mol. The second-order valence-corrected chi connectivity index (χ2v) is 12.3. The van der Waals surface area contributed by atoms with Gasteiger partial charge in [-0.3, -0.25) is 9.59 Å². The number of fused-ring (bicyclic) bond motifs is 1. The highest BCUT2D eigenvalue weighted by Crippen LogP contribution is 2.53. The average Bonchev–Trinajstić information content (AvgIpc) is 3.32. The number of hydrogen-bond donors (Lipinski definition) is 2. The van der Waals surface area contributed by atoms with Crippen LogP contribution in [-0.2, 0) is 6.54 Å². The normalized spacial score (nSPS) is 21.5. The lowest BCUT2D eigenvalue weighted by molar-refractivity contribution is -0.123. The lowest BCUT2D eigenvalue weighted by atomic mass is 9.81. The van der Waals surface area contributed by atoms with Crippen LogP contribution in [0.15, 0.2) is 34.0 Å². The zero-order valence-electron chi connectivity index (χ0n) is 24.7. The second kappa shape index (κ2) is 11.7. The van der Waals surface area contributed by atoms with Crippen LogP contribution >= 0.6 is 11.8 Å². The maximum absolute atomic E-state index is 15.0. The smallest absolute Gasteiger partial charge is 0.254 e. The van der Waals surface area contributed by atoms with E-state index >= 15 is 4.39 Å². The molecular formula is C31H36F2N4O4S. The fraction of sp³-hybridized carbons (Fsp3) is 0.452. The molecule has 5 rings (SSSR count). The van der Waals surface area contributed by atoms with Gasteiger partial charge in [0.2, 0.25) is 11.9 Å². The molecule has 11 heteroatoms. The lowest BCUT2D eigenvalue weighted by Crippen LogP contribution is -2.46. The van der Waals surface area contributed by atoms with E-state index in [0.717, 1.165) is 42.3 Å². The minimum absolute atomic E-state index is 0.00681. The molecule has 224 valence electrons. The summed E-state index contributed by atoms with van der Waals surface area (Å²) >= 11 is 1.42. The van der Waals surface area contributed by atoms with Gasteiger partial charge in [-0.1, -0.05) is 0 Å². The standard InChI is InChI=1S/C31H36F2N4O4S/c1-16-13-24(42-6)23(30(39)35-16)15-34-29(38)21-14-22(20-11-12-25(32)36-28(20)33)27-26(17(21)2)40-31(3,41-27)18-7-9-19(10-8-18)37(4)5/h11-14,18-19H,7-10,15H2,1-6H3,(H,34,38)(H,35,39)/t18-,19-,31?. The van der Waals surface area contributed by atoms with Crippen LogP contribution in [-0.4, -0.2) is 53.0 Å². The third-order valence-electron chi connectivity index (χ3n) is 8.49. The van der Waals surface area contributed by atoms with Gasteiger partial charge < -0.3 is 24.7 Å². The number of nitrogens with zero attached hydrogens (tertiary/aromatic N) is 2. The van der Waals surface area contributed by atoms with E-state index in [-0.39, 0.29) is 34.7 Å². The Balaban J connectivity index is 1.51. The highest BCUT2D eigenvalue weighted by molar-refractivity contribution is 7.98. The van der Waals surface area contributed by atoms with Gasteiger partial charge in [-0.15, -0.1) is 11.8 Å². The first-order valence-corrected chi connectivity index (χ1v) is 15.2. The SMILES string of the molecule is CSc1cc(C)[nH]c(=O)c1CNC(=O)c1cc(-c2ccc(F)nc2F)c2c(c1C)OC(C)([C@H]1CC[C@H](N(C)C)CC1)O2. The molecule has 0 spiro atoms. The molecule has 42 heavy (non-hydrogen) atoms. The number of carbonyl (C=O) groups excluding carboxylic acids is 1. The Morgan fingerprint density at radius 3 is 2.45 bits per heavy atom. The van der Waals surface area contributed by atoms with Crippen molar-refractivity contribution in [2.24, 2.45) is 5.92 Å². The molecule has 2 aliphatic rings. The minimum atomic E-state index is -1.03. The van der Waals surface area contributed by atoms with Crippen molar-refractivity contribution < 1.29 is 23.0 Å². The van der Waals surface area contributed by atoms with Gasteiger partial charge in [0.15, 0.2) is 11.5 Å². The predicted octanol–water partition coefficient (Wildman–Crippen LogP) is 5.59. The third-order valence-corrected chi connectivity index (χ3v) is 9.29.